The summed E-state index contributed by atoms with van der Waals surface area (Å²) in [6.45, 7) is 2.99. The van der Waals surface area contributed by atoms with Gasteiger partial charge in [0.1, 0.15) is 0 Å². The summed E-state index contributed by atoms with van der Waals surface area (Å²) in [5.41, 5.74) is 4.75. The molecule has 11 heavy (non-hydrogen) atoms. The SMILES string of the molecule is CC(C)N(C(N)=O)S(N)(=O)=O. The first-order valence-corrected chi connectivity index (χ1v) is 4.38. The van der Waals surface area contributed by atoms with Crippen LogP contribution in [0.2, 0.25) is 0 Å². The van der Waals surface area contributed by atoms with Gasteiger partial charge in [0, 0.05) is 6.04 Å². The number of carbonyl (C=O) groups is 1. The van der Waals surface area contributed by atoms with Crippen molar-refractivity contribution >= 4 is 16.2 Å². The summed E-state index contributed by atoms with van der Waals surface area (Å²) < 4.78 is 21.6. The summed E-state index contributed by atoms with van der Waals surface area (Å²) in [4.78, 5) is 10.5. The molecule has 0 aromatic carbocycles. The van der Waals surface area contributed by atoms with Crippen LogP contribution in [0.4, 0.5) is 4.79 Å². The third-order valence-corrected chi connectivity index (χ3v) is 2.11. The molecular formula is C4H11N3O3S. The van der Waals surface area contributed by atoms with E-state index < -0.39 is 22.3 Å². The number of amides is 2. The van der Waals surface area contributed by atoms with Crippen molar-refractivity contribution in [2.24, 2.45) is 10.9 Å². The van der Waals surface area contributed by atoms with Gasteiger partial charge in [-0.2, -0.15) is 8.42 Å². The first-order valence-electron chi connectivity index (χ1n) is 2.88. The molecule has 66 valence electrons. The van der Waals surface area contributed by atoms with Gasteiger partial charge in [-0.3, -0.25) is 0 Å². The van der Waals surface area contributed by atoms with Gasteiger partial charge in [-0.25, -0.2) is 14.2 Å². The highest BCUT2D eigenvalue weighted by atomic mass is 32.2. The third kappa shape index (κ3) is 2.72. The van der Waals surface area contributed by atoms with Crippen molar-refractivity contribution < 1.29 is 13.2 Å². The second-order valence-corrected chi connectivity index (χ2v) is 3.70. The Morgan fingerprint density at radius 1 is 1.45 bits per heavy atom. The van der Waals surface area contributed by atoms with E-state index in [4.69, 9.17) is 5.73 Å². The minimum Gasteiger partial charge on any atom is -0.351 e. The number of urea groups is 1. The van der Waals surface area contributed by atoms with E-state index in [-0.39, 0.29) is 0 Å². The lowest BCUT2D eigenvalue weighted by molar-refractivity contribution is 0.225. The van der Waals surface area contributed by atoms with E-state index in [2.05, 4.69) is 5.14 Å². The quantitative estimate of drug-likeness (QED) is 0.569. The van der Waals surface area contributed by atoms with Crippen molar-refractivity contribution in [3.8, 4) is 0 Å². The molecule has 0 aliphatic heterocycles. The van der Waals surface area contributed by atoms with Gasteiger partial charge in [0.25, 0.3) is 0 Å². The maximum Gasteiger partial charge on any atom is 0.329 e. The molecule has 0 spiro atoms. The average molecular weight is 181 g/mol. The maximum absolute atomic E-state index is 10.6. The van der Waals surface area contributed by atoms with Crippen LogP contribution >= 0.6 is 0 Å². The van der Waals surface area contributed by atoms with Gasteiger partial charge >= 0.3 is 16.2 Å². The molecule has 2 amide bonds. The summed E-state index contributed by atoms with van der Waals surface area (Å²) in [7, 11) is -4.00. The summed E-state index contributed by atoms with van der Waals surface area (Å²) >= 11 is 0. The van der Waals surface area contributed by atoms with Crippen molar-refractivity contribution in [1.82, 2.24) is 4.31 Å². The van der Waals surface area contributed by atoms with Crippen LogP contribution in [0.15, 0.2) is 0 Å². The molecule has 0 atom stereocenters. The smallest absolute Gasteiger partial charge is 0.329 e. The lowest BCUT2D eigenvalue weighted by atomic mass is 10.4. The minimum absolute atomic E-state index is 0.410. The molecule has 0 aliphatic carbocycles. The maximum atomic E-state index is 10.6. The highest BCUT2D eigenvalue weighted by molar-refractivity contribution is 7.87. The molecule has 6 nitrogen and oxygen atoms in total. The van der Waals surface area contributed by atoms with Crippen LogP contribution < -0.4 is 10.9 Å². The van der Waals surface area contributed by atoms with Gasteiger partial charge in [0.05, 0.1) is 0 Å². The standard InChI is InChI=1S/C4H11N3O3S/c1-3(2)7(4(5)8)11(6,9)10/h3H,1-2H3,(H2,5,8)(H2,6,9,10). The predicted octanol–water partition coefficient (Wildman–Crippen LogP) is -1.02. The lowest BCUT2D eigenvalue weighted by Crippen LogP contribution is -2.48. The number of nitrogens with zero attached hydrogens (tertiary/aromatic N) is 1. The van der Waals surface area contributed by atoms with E-state index in [1.165, 1.54) is 13.8 Å². The Kier molecular flexibility index (Phi) is 2.83. The number of rotatable bonds is 2. The summed E-state index contributed by atoms with van der Waals surface area (Å²) in [5, 5.41) is 4.68. The Hall–Kier alpha value is -0.820. The first-order chi connectivity index (χ1) is 4.76. The molecule has 0 aliphatic rings. The Balaban J connectivity index is 4.79. The van der Waals surface area contributed by atoms with Crippen molar-refractivity contribution in [2.75, 3.05) is 0 Å². The molecule has 0 fully saturated rings. The molecule has 0 aromatic heterocycles. The Morgan fingerprint density at radius 2 is 1.82 bits per heavy atom. The molecule has 7 heteroatoms. The Labute approximate surface area is 65.3 Å². The molecule has 0 aromatic rings. The third-order valence-electron chi connectivity index (χ3n) is 0.960. The number of hydrogen-bond donors (Lipinski definition) is 2. The number of primary amides is 1. The zero-order chi connectivity index (χ0) is 9.23. The molecule has 0 unspecified atom stereocenters. The number of carbonyl (C=O) groups excluding carboxylic acids is 1. The fourth-order valence-corrected chi connectivity index (χ4v) is 1.51. The second-order valence-electron chi connectivity index (χ2n) is 2.27. The summed E-state index contributed by atoms with van der Waals surface area (Å²) in [6, 6.07) is -1.62. The fraction of sp³-hybridized carbons (Fsp3) is 0.750. The normalized spacial score (nSPS) is 11.6. The van der Waals surface area contributed by atoms with Crippen molar-refractivity contribution in [1.29, 1.82) is 0 Å². The van der Waals surface area contributed by atoms with Crippen LogP contribution in [-0.2, 0) is 10.2 Å². The van der Waals surface area contributed by atoms with E-state index in [1.807, 2.05) is 0 Å². The first kappa shape index (κ1) is 10.2. The van der Waals surface area contributed by atoms with Crippen LogP contribution in [0.1, 0.15) is 13.8 Å². The highest BCUT2D eigenvalue weighted by Gasteiger charge is 2.23. The van der Waals surface area contributed by atoms with E-state index in [0.29, 0.717) is 4.31 Å². The second kappa shape index (κ2) is 3.05. The van der Waals surface area contributed by atoms with Crippen molar-refractivity contribution in [3.63, 3.8) is 0 Å². The fourth-order valence-electron chi connectivity index (χ4n) is 0.674. The molecule has 0 radical (unpaired) electrons. The van der Waals surface area contributed by atoms with E-state index in [9.17, 15) is 13.2 Å². The largest absolute Gasteiger partial charge is 0.351 e. The van der Waals surface area contributed by atoms with E-state index in [0.717, 1.165) is 0 Å². The zero-order valence-corrected chi connectivity index (χ0v) is 7.13. The molecular weight excluding hydrogens is 170 g/mol. The molecule has 0 rings (SSSR count). The van der Waals surface area contributed by atoms with E-state index >= 15 is 0 Å². The lowest BCUT2D eigenvalue weighted by Gasteiger charge is -2.20. The summed E-state index contributed by atoms with van der Waals surface area (Å²) in [5.74, 6) is 0. The van der Waals surface area contributed by atoms with Gasteiger partial charge in [-0.15, -0.1) is 0 Å². The van der Waals surface area contributed by atoms with Crippen molar-refractivity contribution in [3.05, 3.63) is 0 Å². The van der Waals surface area contributed by atoms with Crippen molar-refractivity contribution in [2.45, 2.75) is 19.9 Å². The van der Waals surface area contributed by atoms with Gasteiger partial charge in [-0.1, -0.05) is 0 Å². The number of nitrogens with two attached hydrogens (primary N) is 2. The Morgan fingerprint density at radius 3 is 1.82 bits per heavy atom. The summed E-state index contributed by atoms with van der Waals surface area (Å²) in [6.07, 6.45) is 0. The highest BCUT2D eigenvalue weighted by Crippen LogP contribution is 2.00. The zero-order valence-electron chi connectivity index (χ0n) is 6.31. The van der Waals surface area contributed by atoms with Crippen LogP contribution in [0.5, 0.6) is 0 Å². The van der Waals surface area contributed by atoms with Crippen LogP contribution in [0, 0.1) is 0 Å². The topological polar surface area (TPSA) is 106 Å². The van der Waals surface area contributed by atoms with Gasteiger partial charge in [-0.05, 0) is 13.8 Å². The minimum atomic E-state index is -4.00. The predicted molar refractivity (Wildman–Crippen MR) is 39.7 cm³/mol. The Bertz CT molecular complexity index is 245. The van der Waals surface area contributed by atoms with E-state index in [1.54, 1.807) is 0 Å². The molecule has 4 N–H and O–H groups in total. The molecule has 0 bridgehead atoms. The van der Waals surface area contributed by atoms with Gasteiger partial charge < -0.3 is 5.73 Å². The molecule has 0 heterocycles. The number of hydrogen-bond acceptors (Lipinski definition) is 3. The van der Waals surface area contributed by atoms with Gasteiger partial charge in [0.2, 0.25) is 0 Å². The molecule has 0 saturated heterocycles. The van der Waals surface area contributed by atoms with Crippen LogP contribution in [0.3, 0.4) is 0 Å². The van der Waals surface area contributed by atoms with Crippen LogP contribution in [-0.4, -0.2) is 24.8 Å². The average Bonchev–Trinajstić information content (AvgIpc) is 1.54. The van der Waals surface area contributed by atoms with Gasteiger partial charge in [0.15, 0.2) is 0 Å². The molecule has 0 saturated carbocycles. The van der Waals surface area contributed by atoms with Crippen LogP contribution in [0.25, 0.3) is 0 Å². The monoisotopic (exact) mass is 181 g/mol.